The topological polar surface area (TPSA) is 87.5 Å². The van der Waals surface area contributed by atoms with Gasteiger partial charge in [0.25, 0.3) is 11.6 Å². The molecule has 2 N–H and O–H groups in total. The molecule has 0 atom stereocenters. The quantitative estimate of drug-likeness (QED) is 0.594. The number of nitrogens with one attached hydrogen (secondary N) is 2. The van der Waals surface area contributed by atoms with Gasteiger partial charge >= 0.3 is 0 Å². The van der Waals surface area contributed by atoms with Crippen LogP contribution in [-0.4, -0.2) is 55.0 Å². The number of rotatable bonds is 5. The fraction of sp³-hybridized carbons (Fsp3) is 0.462. The number of hydrogen-bond donors (Lipinski definition) is 2. The normalized spacial score (nSPS) is 15.8. The number of nitro groups is 1. The second-order valence-corrected chi connectivity index (χ2v) is 4.65. The maximum atomic E-state index is 11.9. The number of non-ortho nitro benzene ring substituents is 1. The van der Waals surface area contributed by atoms with Crippen LogP contribution in [0, 0.1) is 10.1 Å². The monoisotopic (exact) mass is 278 g/mol. The van der Waals surface area contributed by atoms with Gasteiger partial charge in [0.2, 0.25) is 0 Å². The predicted molar refractivity (Wildman–Crippen MR) is 74.7 cm³/mol. The molecule has 0 aliphatic carbocycles. The lowest BCUT2D eigenvalue weighted by Gasteiger charge is -2.27. The first-order valence-corrected chi connectivity index (χ1v) is 6.62. The fourth-order valence-electron chi connectivity index (χ4n) is 2.10. The molecule has 1 aromatic rings. The van der Waals surface area contributed by atoms with Gasteiger partial charge in [-0.3, -0.25) is 19.8 Å². The molecular formula is C13H18N4O3. The third-order valence-electron chi connectivity index (χ3n) is 3.26. The molecule has 0 spiro atoms. The molecule has 1 fully saturated rings. The predicted octanol–water partition coefficient (Wildman–Crippen LogP) is 0.230. The standard InChI is InChI=1S/C13H18N4O3/c18-13(11-1-3-12(4-2-11)17(19)20)15-7-10-16-8-5-14-6-9-16/h1-4,14H,5-10H2,(H,15,18). The molecule has 108 valence electrons. The van der Waals surface area contributed by atoms with Crippen molar-refractivity contribution in [1.82, 2.24) is 15.5 Å². The Hall–Kier alpha value is -1.99. The smallest absolute Gasteiger partial charge is 0.269 e. The first kappa shape index (κ1) is 14.4. The molecule has 0 saturated carbocycles. The number of amides is 1. The third-order valence-corrected chi connectivity index (χ3v) is 3.26. The van der Waals surface area contributed by atoms with E-state index in [0.717, 1.165) is 32.7 Å². The molecule has 0 bridgehead atoms. The molecule has 0 aromatic heterocycles. The van der Waals surface area contributed by atoms with Gasteiger partial charge in [-0.15, -0.1) is 0 Å². The van der Waals surface area contributed by atoms with Crippen molar-refractivity contribution in [1.29, 1.82) is 0 Å². The molecule has 20 heavy (non-hydrogen) atoms. The van der Waals surface area contributed by atoms with Gasteiger partial charge in [-0.2, -0.15) is 0 Å². The summed E-state index contributed by atoms with van der Waals surface area (Å²) in [5.41, 5.74) is 0.429. The molecule has 0 radical (unpaired) electrons. The van der Waals surface area contributed by atoms with Crippen molar-refractivity contribution in [3.05, 3.63) is 39.9 Å². The highest BCUT2D eigenvalue weighted by atomic mass is 16.6. The number of nitrogens with zero attached hydrogens (tertiary/aromatic N) is 2. The van der Waals surface area contributed by atoms with Gasteiger partial charge in [0, 0.05) is 57.0 Å². The van der Waals surface area contributed by atoms with Crippen LogP contribution in [0.15, 0.2) is 24.3 Å². The first-order valence-electron chi connectivity index (χ1n) is 6.62. The molecule has 0 unspecified atom stereocenters. The van der Waals surface area contributed by atoms with Gasteiger partial charge in [0.15, 0.2) is 0 Å². The second-order valence-electron chi connectivity index (χ2n) is 4.65. The van der Waals surface area contributed by atoms with Crippen molar-refractivity contribution in [3.63, 3.8) is 0 Å². The molecule has 1 aromatic carbocycles. The van der Waals surface area contributed by atoms with E-state index in [1.807, 2.05) is 0 Å². The van der Waals surface area contributed by atoms with Crippen LogP contribution in [-0.2, 0) is 0 Å². The number of benzene rings is 1. The summed E-state index contributed by atoms with van der Waals surface area (Å²) in [6.45, 7) is 5.35. The van der Waals surface area contributed by atoms with Gasteiger partial charge in [-0.1, -0.05) is 0 Å². The average molecular weight is 278 g/mol. The Labute approximate surface area is 117 Å². The van der Waals surface area contributed by atoms with E-state index in [0.29, 0.717) is 12.1 Å². The Morgan fingerprint density at radius 3 is 2.55 bits per heavy atom. The van der Waals surface area contributed by atoms with Gasteiger partial charge < -0.3 is 10.6 Å². The summed E-state index contributed by atoms with van der Waals surface area (Å²) in [5, 5.41) is 16.6. The second kappa shape index (κ2) is 6.97. The largest absolute Gasteiger partial charge is 0.351 e. The highest BCUT2D eigenvalue weighted by Crippen LogP contribution is 2.11. The summed E-state index contributed by atoms with van der Waals surface area (Å²) in [5.74, 6) is -0.199. The Bertz CT molecular complexity index is 469. The van der Waals surface area contributed by atoms with Gasteiger partial charge in [0.05, 0.1) is 4.92 Å². The Morgan fingerprint density at radius 1 is 1.30 bits per heavy atom. The summed E-state index contributed by atoms with van der Waals surface area (Å²) in [7, 11) is 0. The third kappa shape index (κ3) is 4.01. The van der Waals surface area contributed by atoms with Crippen molar-refractivity contribution in [2.75, 3.05) is 39.3 Å². The minimum atomic E-state index is -0.480. The summed E-state index contributed by atoms with van der Waals surface area (Å²) in [6, 6.07) is 5.62. The van der Waals surface area contributed by atoms with E-state index in [-0.39, 0.29) is 11.6 Å². The van der Waals surface area contributed by atoms with E-state index in [4.69, 9.17) is 0 Å². The lowest BCUT2D eigenvalue weighted by molar-refractivity contribution is -0.384. The van der Waals surface area contributed by atoms with Crippen LogP contribution in [0.5, 0.6) is 0 Å². The fourth-order valence-corrected chi connectivity index (χ4v) is 2.10. The van der Waals surface area contributed by atoms with E-state index in [2.05, 4.69) is 15.5 Å². The van der Waals surface area contributed by atoms with Gasteiger partial charge in [0.1, 0.15) is 0 Å². The zero-order valence-electron chi connectivity index (χ0n) is 11.2. The lowest BCUT2D eigenvalue weighted by Crippen LogP contribution is -2.46. The molecule has 1 aliphatic heterocycles. The lowest BCUT2D eigenvalue weighted by atomic mass is 10.2. The van der Waals surface area contributed by atoms with Crippen LogP contribution in [0.1, 0.15) is 10.4 Å². The summed E-state index contributed by atoms with van der Waals surface area (Å²) in [6.07, 6.45) is 0. The molecule has 1 heterocycles. The van der Waals surface area contributed by atoms with Crippen LogP contribution in [0.25, 0.3) is 0 Å². The highest BCUT2D eigenvalue weighted by Gasteiger charge is 2.11. The zero-order chi connectivity index (χ0) is 14.4. The van der Waals surface area contributed by atoms with E-state index >= 15 is 0 Å². The van der Waals surface area contributed by atoms with Crippen molar-refractivity contribution in [2.45, 2.75) is 0 Å². The Morgan fingerprint density at radius 2 is 1.95 bits per heavy atom. The van der Waals surface area contributed by atoms with Crippen molar-refractivity contribution in [3.8, 4) is 0 Å². The van der Waals surface area contributed by atoms with Crippen LogP contribution < -0.4 is 10.6 Å². The SMILES string of the molecule is O=C(NCCN1CCNCC1)c1ccc([N+](=O)[O-])cc1. The Kier molecular flexibility index (Phi) is 5.03. The zero-order valence-corrected chi connectivity index (χ0v) is 11.2. The maximum Gasteiger partial charge on any atom is 0.269 e. The van der Waals surface area contributed by atoms with Crippen LogP contribution in [0.4, 0.5) is 5.69 Å². The molecule has 1 aliphatic rings. The van der Waals surface area contributed by atoms with Crippen molar-refractivity contribution in [2.24, 2.45) is 0 Å². The molecule has 2 rings (SSSR count). The van der Waals surface area contributed by atoms with E-state index in [1.165, 1.54) is 24.3 Å². The van der Waals surface area contributed by atoms with Gasteiger partial charge in [-0.25, -0.2) is 0 Å². The molecular weight excluding hydrogens is 260 g/mol. The number of piperazine rings is 1. The van der Waals surface area contributed by atoms with Crippen molar-refractivity contribution < 1.29 is 9.72 Å². The maximum absolute atomic E-state index is 11.9. The van der Waals surface area contributed by atoms with Crippen LogP contribution in [0.3, 0.4) is 0 Å². The molecule has 7 heteroatoms. The average Bonchev–Trinajstić information content (AvgIpc) is 2.48. The summed E-state index contributed by atoms with van der Waals surface area (Å²) >= 11 is 0. The Balaban J connectivity index is 1.77. The number of carbonyl (C=O) groups is 1. The molecule has 1 amide bonds. The van der Waals surface area contributed by atoms with E-state index < -0.39 is 4.92 Å². The van der Waals surface area contributed by atoms with Crippen LogP contribution >= 0.6 is 0 Å². The van der Waals surface area contributed by atoms with Crippen molar-refractivity contribution >= 4 is 11.6 Å². The highest BCUT2D eigenvalue weighted by molar-refractivity contribution is 5.94. The number of nitro benzene ring substituents is 1. The molecule has 1 saturated heterocycles. The summed E-state index contributed by atoms with van der Waals surface area (Å²) < 4.78 is 0. The number of carbonyl (C=O) groups excluding carboxylic acids is 1. The number of hydrogen-bond acceptors (Lipinski definition) is 5. The molecule has 7 nitrogen and oxygen atoms in total. The van der Waals surface area contributed by atoms with E-state index in [1.54, 1.807) is 0 Å². The van der Waals surface area contributed by atoms with Gasteiger partial charge in [-0.05, 0) is 12.1 Å². The van der Waals surface area contributed by atoms with Crippen LogP contribution in [0.2, 0.25) is 0 Å². The minimum Gasteiger partial charge on any atom is -0.351 e. The minimum absolute atomic E-state index is 0.0117. The van der Waals surface area contributed by atoms with E-state index in [9.17, 15) is 14.9 Å². The first-order chi connectivity index (χ1) is 9.66. The summed E-state index contributed by atoms with van der Waals surface area (Å²) in [4.78, 5) is 24.2.